The molecule has 0 spiro atoms. The molecular weight excluding hydrogens is 571 g/mol. The second kappa shape index (κ2) is 14.7. The SMILES string of the molecule is C=C/C(=C1/NC(N2CCC(N)CC2)=NC(=NCc2ccccc2-c2cc3c(NC(=O)/C=C/CB(C)C)cccc3[nH]2)N1C)C(C)C. The van der Waals surface area contributed by atoms with Crippen LogP contribution in [0.15, 0.2) is 94.7 Å². The van der Waals surface area contributed by atoms with Crippen molar-refractivity contribution in [1.29, 1.82) is 0 Å². The van der Waals surface area contributed by atoms with Crippen LogP contribution in [0.5, 0.6) is 0 Å². The first-order valence-corrected chi connectivity index (χ1v) is 16.3. The van der Waals surface area contributed by atoms with Crippen molar-refractivity contribution >= 4 is 41.1 Å². The fraction of sp³-hybridized carbons (Fsp3) is 0.361. The number of aromatic amines is 1. The number of carbonyl (C=O) groups is 1. The van der Waals surface area contributed by atoms with E-state index in [1.54, 1.807) is 6.08 Å². The third-order valence-corrected chi connectivity index (χ3v) is 8.52. The highest BCUT2D eigenvalue weighted by atomic mass is 16.1. The molecule has 1 saturated heterocycles. The number of rotatable bonds is 9. The first kappa shape index (κ1) is 32.8. The van der Waals surface area contributed by atoms with Crippen LogP contribution in [0, 0.1) is 5.92 Å². The van der Waals surface area contributed by atoms with Crippen LogP contribution >= 0.6 is 0 Å². The third kappa shape index (κ3) is 7.62. The average Bonchev–Trinajstić information content (AvgIpc) is 3.47. The molecule has 5 rings (SSSR count). The Morgan fingerprint density at radius 1 is 1.20 bits per heavy atom. The standard InChI is InChI=1S/C36H47BN8O/c1-7-27(24(2)3)34-42-36(45-20-17-26(38)18-21-45)43-35(44(34)6)39-23-25-12-8-9-13-28(25)32-22-29-30(40-32)14-10-15-31(29)41-33(46)16-11-19-37(4)5/h7-16,22,24,26,40H,1,17-21,23,38H2,2-6H3,(H,41,46)(H,39,42,43)/b16-11+,34-27+. The zero-order chi connectivity index (χ0) is 32.8. The molecule has 0 saturated carbocycles. The summed E-state index contributed by atoms with van der Waals surface area (Å²) < 4.78 is 0. The minimum absolute atomic E-state index is 0.129. The van der Waals surface area contributed by atoms with Gasteiger partial charge in [-0.3, -0.25) is 9.69 Å². The second-order valence-corrected chi connectivity index (χ2v) is 12.9. The van der Waals surface area contributed by atoms with Crippen LogP contribution in [0.3, 0.4) is 0 Å². The van der Waals surface area contributed by atoms with Gasteiger partial charge in [0.2, 0.25) is 17.8 Å². The summed E-state index contributed by atoms with van der Waals surface area (Å²) in [5.41, 5.74) is 12.1. The summed E-state index contributed by atoms with van der Waals surface area (Å²) in [6.45, 7) is 15.3. The van der Waals surface area contributed by atoms with E-state index in [9.17, 15) is 4.79 Å². The number of allylic oxidation sites excluding steroid dienone is 3. The van der Waals surface area contributed by atoms with Gasteiger partial charge in [0.1, 0.15) is 12.5 Å². The Bertz CT molecular complexity index is 1690. The first-order valence-electron chi connectivity index (χ1n) is 16.3. The fourth-order valence-electron chi connectivity index (χ4n) is 5.87. The molecule has 0 unspecified atom stereocenters. The summed E-state index contributed by atoms with van der Waals surface area (Å²) in [6, 6.07) is 16.5. The number of nitrogens with zero attached hydrogens (tertiary/aromatic N) is 4. The summed E-state index contributed by atoms with van der Waals surface area (Å²) in [7, 11) is 2.00. The molecule has 0 atom stereocenters. The molecule has 0 aliphatic carbocycles. The maximum absolute atomic E-state index is 12.6. The lowest BCUT2D eigenvalue weighted by molar-refractivity contribution is -0.111. The molecule has 1 fully saturated rings. The normalized spacial score (nSPS) is 17.9. The number of H-pyrrole nitrogens is 1. The van der Waals surface area contributed by atoms with E-state index in [1.807, 2.05) is 54.4 Å². The number of fused-ring (bicyclic) bond motifs is 1. The van der Waals surface area contributed by atoms with Gasteiger partial charge in [-0.1, -0.05) is 82.9 Å². The van der Waals surface area contributed by atoms with E-state index in [0.717, 1.165) is 83.0 Å². The number of piperidine rings is 1. The molecule has 0 radical (unpaired) electrons. The van der Waals surface area contributed by atoms with Gasteiger partial charge in [0.15, 0.2) is 0 Å². The van der Waals surface area contributed by atoms with Crippen LogP contribution in [0.2, 0.25) is 20.0 Å². The maximum Gasteiger partial charge on any atom is 0.248 e. The monoisotopic (exact) mass is 618 g/mol. The molecule has 5 N–H and O–H groups in total. The molecule has 3 heterocycles. The van der Waals surface area contributed by atoms with Gasteiger partial charge in [-0.2, -0.15) is 4.99 Å². The Morgan fingerprint density at radius 3 is 2.67 bits per heavy atom. The van der Waals surface area contributed by atoms with Crippen molar-refractivity contribution in [2.45, 2.75) is 59.2 Å². The molecule has 2 aliphatic rings. The lowest BCUT2D eigenvalue weighted by Gasteiger charge is -2.38. The van der Waals surface area contributed by atoms with Gasteiger partial charge in [-0.15, -0.1) is 0 Å². The Labute approximate surface area is 273 Å². The maximum atomic E-state index is 12.6. The zero-order valence-electron chi connectivity index (χ0n) is 27.8. The number of guanidine groups is 2. The number of carbonyl (C=O) groups excluding carboxylic acids is 1. The second-order valence-electron chi connectivity index (χ2n) is 12.9. The van der Waals surface area contributed by atoms with Gasteiger partial charge in [0.05, 0.1) is 12.2 Å². The summed E-state index contributed by atoms with van der Waals surface area (Å²) in [4.78, 5) is 30.6. The highest BCUT2D eigenvalue weighted by Crippen LogP contribution is 2.32. The fourth-order valence-corrected chi connectivity index (χ4v) is 5.87. The van der Waals surface area contributed by atoms with Crippen LogP contribution in [-0.2, 0) is 11.3 Å². The Balaban J connectivity index is 1.45. The summed E-state index contributed by atoms with van der Waals surface area (Å²) >= 11 is 0. The van der Waals surface area contributed by atoms with Crippen LogP contribution in [0.25, 0.3) is 22.2 Å². The van der Waals surface area contributed by atoms with Crippen molar-refractivity contribution in [3.05, 3.63) is 90.3 Å². The van der Waals surface area contributed by atoms with Crippen molar-refractivity contribution in [2.75, 3.05) is 25.5 Å². The van der Waals surface area contributed by atoms with E-state index in [-0.39, 0.29) is 17.9 Å². The van der Waals surface area contributed by atoms with Crippen molar-refractivity contribution < 1.29 is 4.79 Å². The number of hydrogen-bond acceptors (Lipinski definition) is 5. The van der Waals surface area contributed by atoms with Gasteiger partial charge in [-0.25, -0.2) is 4.99 Å². The van der Waals surface area contributed by atoms with Gasteiger partial charge in [0.25, 0.3) is 0 Å². The predicted octanol–water partition coefficient (Wildman–Crippen LogP) is 6.31. The highest BCUT2D eigenvalue weighted by Gasteiger charge is 2.28. The molecular formula is C36H47BN8O. The molecule has 240 valence electrons. The number of aromatic nitrogens is 1. The van der Waals surface area contributed by atoms with Gasteiger partial charge >= 0.3 is 0 Å². The third-order valence-electron chi connectivity index (χ3n) is 8.52. The Morgan fingerprint density at radius 2 is 1.96 bits per heavy atom. The summed E-state index contributed by atoms with van der Waals surface area (Å²) in [5, 5.41) is 7.60. The van der Waals surface area contributed by atoms with E-state index in [4.69, 9.17) is 15.7 Å². The lowest BCUT2D eigenvalue weighted by Crippen LogP contribution is -2.53. The van der Waals surface area contributed by atoms with Crippen LogP contribution in [0.1, 0.15) is 32.3 Å². The van der Waals surface area contributed by atoms with E-state index in [1.165, 1.54) is 0 Å². The number of likely N-dealkylation sites (tertiary alicyclic amines) is 1. The van der Waals surface area contributed by atoms with E-state index >= 15 is 0 Å². The van der Waals surface area contributed by atoms with E-state index in [0.29, 0.717) is 19.2 Å². The van der Waals surface area contributed by atoms with Gasteiger partial charge < -0.3 is 26.3 Å². The number of nitrogens with one attached hydrogen (secondary N) is 3. The number of amides is 1. The molecule has 3 aromatic rings. The highest BCUT2D eigenvalue weighted by molar-refractivity contribution is 6.56. The summed E-state index contributed by atoms with van der Waals surface area (Å²) in [5.74, 6) is 2.53. The average molecular weight is 619 g/mol. The van der Waals surface area contributed by atoms with Crippen molar-refractivity contribution in [3.63, 3.8) is 0 Å². The number of anilines is 1. The number of nitrogens with two attached hydrogens (primary N) is 1. The quantitative estimate of drug-likeness (QED) is 0.166. The smallest absolute Gasteiger partial charge is 0.248 e. The van der Waals surface area contributed by atoms with Gasteiger partial charge in [-0.05, 0) is 54.2 Å². The van der Waals surface area contributed by atoms with Crippen LogP contribution in [-0.4, -0.2) is 65.5 Å². The largest absolute Gasteiger partial charge is 0.354 e. The molecule has 46 heavy (non-hydrogen) atoms. The van der Waals surface area contributed by atoms with Gasteiger partial charge in [0, 0.05) is 48.3 Å². The molecule has 2 aromatic carbocycles. The topological polar surface area (TPSA) is 114 Å². The number of hydrogen-bond donors (Lipinski definition) is 4. The Hall–Kier alpha value is -4.57. The number of aliphatic imine (C=N–C) groups is 2. The van der Waals surface area contributed by atoms with Crippen molar-refractivity contribution in [2.24, 2.45) is 21.6 Å². The van der Waals surface area contributed by atoms with Crippen LogP contribution in [0.4, 0.5) is 5.69 Å². The molecule has 9 nitrogen and oxygen atoms in total. The molecule has 1 aromatic heterocycles. The Kier molecular flexibility index (Phi) is 10.5. The molecule has 1 amide bonds. The minimum atomic E-state index is -0.129. The molecule has 10 heteroatoms. The summed E-state index contributed by atoms with van der Waals surface area (Å²) in [6.07, 6.45) is 8.18. The first-order chi connectivity index (χ1) is 22.1. The van der Waals surface area contributed by atoms with E-state index < -0.39 is 0 Å². The molecule has 2 aliphatic heterocycles. The zero-order valence-corrected chi connectivity index (χ0v) is 27.8. The number of benzene rings is 2. The van der Waals surface area contributed by atoms with Crippen molar-refractivity contribution in [3.8, 4) is 11.3 Å². The lowest BCUT2D eigenvalue weighted by atomic mass is 9.52. The van der Waals surface area contributed by atoms with E-state index in [2.05, 4.69) is 72.8 Å². The van der Waals surface area contributed by atoms with Crippen LogP contribution < -0.4 is 16.4 Å². The molecule has 0 bridgehead atoms. The minimum Gasteiger partial charge on any atom is -0.354 e. The van der Waals surface area contributed by atoms with Crippen molar-refractivity contribution in [1.82, 2.24) is 20.1 Å². The predicted molar refractivity (Wildman–Crippen MR) is 194 cm³/mol.